The Morgan fingerprint density at radius 3 is 2.57 bits per heavy atom. The topological polar surface area (TPSA) is 34.1 Å². The molecular weight excluding hydrogens is 295 g/mol. The first-order valence-electron chi connectivity index (χ1n) is 3.75. The molecule has 78 valence electrons. The predicted molar refractivity (Wildman–Crippen MR) is 57.4 cm³/mol. The van der Waals surface area contributed by atoms with Gasteiger partial charge in [0, 0.05) is 15.2 Å². The van der Waals surface area contributed by atoms with Gasteiger partial charge in [-0.05, 0) is 24.1 Å². The van der Waals surface area contributed by atoms with Crippen molar-refractivity contribution in [1.29, 1.82) is 0 Å². The molecule has 1 rings (SSSR count). The summed E-state index contributed by atoms with van der Waals surface area (Å²) in [6.07, 6.45) is 0.271. The lowest BCUT2D eigenvalue weighted by atomic mass is 10.2. The standard InChI is InChI=1S/C8H7BrClFO2S/c9-8-5-7(11)2-1-6(8)3-4-14(10,12)13/h1-2,5H,3-4H2. The number of halogens is 3. The monoisotopic (exact) mass is 300 g/mol. The van der Waals surface area contributed by atoms with E-state index in [0.29, 0.717) is 4.47 Å². The molecule has 1 aromatic carbocycles. The number of aryl methyl sites for hydroxylation is 1. The number of hydrogen-bond acceptors (Lipinski definition) is 2. The zero-order valence-corrected chi connectivity index (χ0v) is 10.2. The summed E-state index contributed by atoms with van der Waals surface area (Å²) in [4.78, 5) is 0. The molecule has 0 aromatic heterocycles. The summed E-state index contributed by atoms with van der Waals surface area (Å²) < 4.78 is 34.5. The highest BCUT2D eigenvalue weighted by atomic mass is 79.9. The fraction of sp³-hybridized carbons (Fsp3) is 0.250. The SMILES string of the molecule is O=S(=O)(Cl)CCc1ccc(F)cc1Br. The van der Waals surface area contributed by atoms with Crippen LogP contribution in [0.2, 0.25) is 0 Å². The highest BCUT2D eigenvalue weighted by Crippen LogP contribution is 2.19. The molecule has 0 aliphatic heterocycles. The molecule has 0 aliphatic carbocycles. The zero-order valence-electron chi connectivity index (χ0n) is 7.00. The van der Waals surface area contributed by atoms with Crippen LogP contribution in [0.1, 0.15) is 5.56 Å². The van der Waals surface area contributed by atoms with E-state index in [1.165, 1.54) is 18.2 Å². The summed E-state index contributed by atoms with van der Waals surface area (Å²) in [5, 5.41) is 0. The van der Waals surface area contributed by atoms with Crippen molar-refractivity contribution >= 4 is 35.7 Å². The van der Waals surface area contributed by atoms with Gasteiger partial charge in [-0.25, -0.2) is 12.8 Å². The molecule has 2 nitrogen and oxygen atoms in total. The Hall–Kier alpha value is -0.130. The summed E-state index contributed by atoms with van der Waals surface area (Å²) in [6.45, 7) is 0. The fourth-order valence-electron chi connectivity index (χ4n) is 0.956. The van der Waals surface area contributed by atoms with Crippen LogP contribution in [0.15, 0.2) is 22.7 Å². The van der Waals surface area contributed by atoms with Crippen molar-refractivity contribution in [3.8, 4) is 0 Å². The van der Waals surface area contributed by atoms with Crippen LogP contribution >= 0.6 is 26.6 Å². The van der Waals surface area contributed by atoms with Crippen molar-refractivity contribution in [1.82, 2.24) is 0 Å². The van der Waals surface area contributed by atoms with E-state index in [2.05, 4.69) is 15.9 Å². The van der Waals surface area contributed by atoms with Crippen molar-refractivity contribution in [3.05, 3.63) is 34.1 Å². The lowest BCUT2D eigenvalue weighted by Crippen LogP contribution is -2.01. The van der Waals surface area contributed by atoms with Gasteiger partial charge in [0.1, 0.15) is 5.82 Å². The average Bonchev–Trinajstić information content (AvgIpc) is 2.00. The molecule has 1 aromatic rings. The van der Waals surface area contributed by atoms with Gasteiger partial charge in [-0.3, -0.25) is 0 Å². The molecule has 14 heavy (non-hydrogen) atoms. The molecule has 0 saturated carbocycles. The van der Waals surface area contributed by atoms with E-state index in [-0.39, 0.29) is 18.0 Å². The second kappa shape index (κ2) is 4.59. The second-order valence-electron chi connectivity index (χ2n) is 2.73. The van der Waals surface area contributed by atoms with Crippen LogP contribution in [0.5, 0.6) is 0 Å². The van der Waals surface area contributed by atoms with Gasteiger partial charge in [0.2, 0.25) is 9.05 Å². The van der Waals surface area contributed by atoms with Crippen LogP contribution in [0.4, 0.5) is 4.39 Å². The molecule has 0 radical (unpaired) electrons. The van der Waals surface area contributed by atoms with Crippen LogP contribution in [-0.2, 0) is 15.5 Å². The van der Waals surface area contributed by atoms with Gasteiger partial charge in [0.05, 0.1) is 5.75 Å². The minimum Gasteiger partial charge on any atom is -0.212 e. The minimum atomic E-state index is -3.49. The summed E-state index contributed by atoms with van der Waals surface area (Å²) in [7, 11) is 1.56. The molecule has 0 unspecified atom stereocenters. The van der Waals surface area contributed by atoms with Gasteiger partial charge in [0.15, 0.2) is 0 Å². The van der Waals surface area contributed by atoms with E-state index in [1.54, 1.807) is 0 Å². The molecular formula is C8H7BrClFO2S. The molecule has 0 N–H and O–H groups in total. The summed E-state index contributed by atoms with van der Waals surface area (Å²) >= 11 is 3.14. The van der Waals surface area contributed by atoms with Gasteiger partial charge >= 0.3 is 0 Å². The van der Waals surface area contributed by atoms with Crippen molar-refractivity contribution in [2.75, 3.05) is 5.75 Å². The third kappa shape index (κ3) is 3.94. The van der Waals surface area contributed by atoms with E-state index in [0.717, 1.165) is 5.56 Å². The lowest BCUT2D eigenvalue weighted by molar-refractivity contribution is 0.608. The number of hydrogen-bond donors (Lipinski definition) is 0. The molecule has 0 heterocycles. The Morgan fingerprint density at radius 2 is 2.07 bits per heavy atom. The highest BCUT2D eigenvalue weighted by molar-refractivity contribution is 9.10. The van der Waals surface area contributed by atoms with Crippen LogP contribution in [-0.4, -0.2) is 14.2 Å². The average molecular weight is 302 g/mol. The number of rotatable bonds is 3. The third-order valence-corrected chi connectivity index (χ3v) is 3.52. The summed E-state index contributed by atoms with van der Waals surface area (Å²) in [6, 6.07) is 4.10. The first-order valence-corrected chi connectivity index (χ1v) is 7.02. The Labute approximate surface area is 94.6 Å². The quantitative estimate of drug-likeness (QED) is 0.805. The van der Waals surface area contributed by atoms with Gasteiger partial charge in [-0.2, -0.15) is 0 Å². The van der Waals surface area contributed by atoms with E-state index in [4.69, 9.17) is 10.7 Å². The second-order valence-corrected chi connectivity index (χ2v) is 6.48. The maximum atomic E-state index is 12.6. The van der Waals surface area contributed by atoms with E-state index in [9.17, 15) is 12.8 Å². The Kier molecular flexibility index (Phi) is 3.92. The zero-order chi connectivity index (χ0) is 10.8. The molecule has 0 fully saturated rings. The fourth-order valence-corrected chi connectivity index (χ4v) is 2.20. The first kappa shape index (κ1) is 11.9. The Balaban J connectivity index is 2.78. The van der Waals surface area contributed by atoms with Gasteiger partial charge in [0.25, 0.3) is 0 Å². The molecule has 0 saturated heterocycles. The van der Waals surface area contributed by atoms with Crippen LogP contribution in [0.3, 0.4) is 0 Å². The maximum absolute atomic E-state index is 12.6. The van der Waals surface area contributed by atoms with Crippen molar-refractivity contribution in [2.45, 2.75) is 6.42 Å². The molecule has 0 spiro atoms. The predicted octanol–water partition coefficient (Wildman–Crippen LogP) is 2.70. The van der Waals surface area contributed by atoms with Crippen LogP contribution in [0, 0.1) is 5.82 Å². The van der Waals surface area contributed by atoms with Crippen LogP contribution < -0.4 is 0 Å². The van der Waals surface area contributed by atoms with Gasteiger partial charge in [-0.1, -0.05) is 22.0 Å². The van der Waals surface area contributed by atoms with Crippen LogP contribution in [0.25, 0.3) is 0 Å². The first-order chi connectivity index (χ1) is 6.38. The molecule has 0 amide bonds. The van der Waals surface area contributed by atoms with E-state index in [1.807, 2.05) is 0 Å². The highest BCUT2D eigenvalue weighted by Gasteiger charge is 2.08. The Morgan fingerprint density at radius 1 is 1.43 bits per heavy atom. The molecule has 0 bridgehead atoms. The molecule has 6 heteroatoms. The lowest BCUT2D eigenvalue weighted by Gasteiger charge is -2.02. The van der Waals surface area contributed by atoms with Crippen molar-refractivity contribution in [2.24, 2.45) is 0 Å². The van der Waals surface area contributed by atoms with E-state index < -0.39 is 9.05 Å². The Bertz CT molecular complexity index is 433. The molecule has 0 atom stereocenters. The summed E-state index contributed by atoms with van der Waals surface area (Å²) in [5.74, 6) is -0.520. The maximum Gasteiger partial charge on any atom is 0.232 e. The van der Waals surface area contributed by atoms with Gasteiger partial charge in [-0.15, -0.1) is 0 Å². The largest absolute Gasteiger partial charge is 0.232 e. The minimum absolute atomic E-state index is 0.154. The summed E-state index contributed by atoms with van der Waals surface area (Å²) in [5.41, 5.74) is 0.718. The number of benzene rings is 1. The van der Waals surface area contributed by atoms with Gasteiger partial charge < -0.3 is 0 Å². The van der Waals surface area contributed by atoms with E-state index >= 15 is 0 Å². The van der Waals surface area contributed by atoms with Crippen molar-refractivity contribution in [3.63, 3.8) is 0 Å². The smallest absolute Gasteiger partial charge is 0.212 e. The van der Waals surface area contributed by atoms with Crippen molar-refractivity contribution < 1.29 is 12.8 Å². The third-order valence-electron chi connectivity index (χ3n) is 1.63. The normalized spacial score (nSPS) is 11.6. The molecule has 0 aliphatic rings.